The Labute approximate surface area is 147 Å². The van der Waals surface area contributed by atoms with Gasteiger partial charge < -0.3 is 9.32 Å². The molecule has 1 atom stereocenters. The third-order valence-electron chi connectivity index (χ3n) is 4.41. The maximum atomic E-state index is 12.8. The molecule has 0 aliphatic carbocycles. The number of nitrogens with zero attached hydrogens (tertiary/aromatic N) is 4. The van der Waals surface area contributed by atoms with Gasteiger partial charge in [-0.15, -0.1) is 10.2 Å². The van der Waals surface area contributed by atoms with Crippen molar-refractivity contribution in [2.75, 3.05) is 0 Å². The second-order valence-corrected chi connectivity index (χ2v) is 5.98. The fraction of sp³-hybridized carbons (Fsp3) is 0.222. The van der Waals surface area contributed by atoms with Crippen LogP contribution in [0, 0.1) is 0 Å². The van der Waals surface area contributed by atoms with Gasteiger partial charge >= 0.3 is 6.43 Å². The Kier molecular flexibility index (Phi) is 3.95. The van der Waals surface area contributed by atoms with Crippen molar-refractivity contribution >= 4 is 5.91 Å². The van der Waals surface area contributed by atoms with Crippen molar-refractivity contribution < 1.29 is 18.0 Å². The van der Waals surface area contributed by atoms with Crippen LogP contribution < -0.4 is 0 Å². The third kappa shape index (κ3) is 2.73. The number of benzene rings is 1. The van der Waals surface area contributed by atoms with E-state index in [-0.39, 0.29) is 17.8 Å². The van der Waals surface area contributed by atoms with Crippen LogP contribution in [0.3, 0.4) is 0 Å². The molecular weight excluding hydrogens is 342 g/mol. The molecular formula is C18H14F2N4O2. The number of carbonyl (C=O) groups is 1. The Bertz CT molecular complexity index is 959. The predicted molar refractivity (Wildman–Crippen MR) is 87.2 cm³/mol. The van der Waals surface area contributed by atoms with Gasteiger partial charge in [0.1, 0.15) is 0 Å². The molecule has 0 fully saturated rings. The minimum Gasteiger partial charge on any atom is -0.415 e. The number of halogens is 2. The van der Waals surface area contributed by atoms with Gasteiger partial charge in [0.05, 0.1) is 29.4 Å². The van der Waals surface area contributed by atoms with E-state index in [0.29, 0.717) is 23.4 Å². The first-order valence-corrected chi connectivity index (χ1v) is 8.01. The van der Waals surface area contributed by atoms with Crippen LogP contribution in [0.2, 0.25) is 0 Å². The van der Waals surface area contributed by atoms with Crippen LogP contribution >= 0.6 is 0 Å². The molecule has 4 rings (SSSR count). The maximum Gasteiger partial charge on any atom is 0.314 e. The SMILES string of the molecule is C[C@H](c1ccccc1)N1Cc2ncc(-c3nnc(C(F)F)o3)cc2C1=O. The van der Waals surface area contributed by atoms with Gasteiger partial charge in [0.15, 0.2) is 0 Å². The zero-order valence-corrected chi connectivity index (χ0v) is 13.8. The van der Waals surface area contributed by atoms with E-state index in [2.05, 4.69) is 15.2 Å². The number of fused-ring (bicyclic) bond motifs is 1. The largest absolute Gasteiger partial charge is 0.415 e. The lowest BCUT2D eigenvalue weighted by atomic mass is 10.1. The molecule has 2 aromatic heterocycles. The standard InChI is InChI=1S/C18H14F2N4O2/c1-10(11-5-3-2-4-6-11)24-9-14-13(18(24)25)7-12(8-21-14)16-22-23-17(26-16)15(19)20/h2-8,10,15H,9H2,1H3/t10-/m1/s1. The van der Waals surface area contributed by atoms with Gasteiger partial charge in [0, 0.05) is 6.20 Å². The lowest BCUT2D eigenvalue weighted by molar-refractivity contribution is 0.0715. The van der Waals surface area contributed by atoms with Crippen molar-refractivity contribution in [1.29, 1.82) is 0 Å². The zero-order valence-electron chi connectivity index (χ0n) is 13.8. The van der Waals surface area contributed by atoms with Gasteiger partial charge in [-0.05, 0) is 18.6 Å². The molecule has 1 amide bonds. The average molecular weight is 356 g/mol. The minimum absolute atomic E-state index is 0.0852. The van der Waals surface area contributed by atoms with Crippen LogP contribution in [-0.2, 0) is 6.54 Å². The summed E-state index contributed by atoms with van der Waals surface area (Å²) in [4.78, 5) is 18.8. The molecule has 0 bridgehead atoms. The summed E-state index contributed by atoms with van der Waals surface area (Å²) in [6.45, 7) is 2.34. The lowest BCUT2D eigenvalue weighted by Crippen LogP contribution is -2.27. The maximum absolute atomic E-state index is 12.8. The van der Waals surface area contributed by atoms with Gasteiger partial charge in [-0.3, -0.25) is 9.78 Å². The highest BCUT2D eigenvalue weighted by molar-refractivity contribution is 5.98. The first-order valence-electron chi connectivity index (χ1n) is 8.01. The lowest BCUT2D eigenvalue weighted by Gasteiger charge is -2.24. The molecule has 3 heterocycles. The van der Waals surface area contributed by atoms with Crippen LogP contribution in [0.4, 0.5) is 8.78 Å². The van der Waals surface area contributed by atoms with Crippen molar-refractivity contribution in [3.05, 3.63) is 65.3 Å². The van der Waals surface area contributed by atoms with Crippen molar-refractivity contribution in [3.8, 4) is 11.5 Å². The second kappa shape index (κ2) is 6.29. The third-order valence-corrected chi connectivity index (χ3v) is 4.41. The van der Waals surface area contributed by atoms with Crippen LogP contribution in [0.1, 0.15) is 46.9 Å². The van der Waals surface area contributed by atoms with Crippen LogP contribution in [0.15, 0.2) is 47.0 Å². The van der Waals surface area contributed by atoms with Crippen LogP contribution in [-0.4, -0.2) is 26.0 Å². The molecule has 0 N–H and O–H groups in total. The highest BCUT2D eigenvalue weighted by Crippen LogP contribution is 2.32. The van der Waals surface area contributed by atoms with E-state index in [4.69, 9.17) is 4.42 Å². The summed E-state index contributed by atoms with van der Waals surface area (Å²) in [5, 5.41) is 6.90. The summed E-state index contributed by atoms with van der Waals surface area (Å²) in [5.74, 6) is -1.01. The summed E-state index contributed by atoms with van der Waals surface area (Å²) in [6.07, 6.45) is -1.39. The second-order valence-electron chi connectivity index (χ2n) is 5.98. The highest BCUT2D eigenvalue weighted by Gasteiger charge is 2.33. The summed E-state index contributed by atoms with van der Waals surface area (Å²) in [5.41, 5.74) is 2.41. The molecule has 0 unspecified atom stereocenters. The van der Waals surface area contributed by atoms with Gasteiger partial charge in [-0.2, -0.15) is 8.78 Å². The number of pyridine rings is 1. The molecule has 1 aromatic carbocycles. The molecule has 3 aromatic rings. The molecule has 6 nitrogen and oxygen atoms in total. The normalized spacial score (nSPS) is 14.8. The van der Waals surface area contributed by atoms with Crippen molar-refractivity contribution in [1.82, 2.24) is 20.1 Å². The summed E-state index contributed by atoms with van der Waals surface area (Å²) in [6, 6.07) is 11.1. The number of rotatable bonds is 4. The van der Waals surface area contributed by atoms with Crippen molar-refractivity contribution in [3.63, 3.8) is 0 Å². The van der Waals surface area contributed by atoms with E-state index >= 15 is 0 Å². The number of hydrogen-bond donors (Lipinski definition) is 0. The van der Waals surface area contributed by atoms with E-state index in [0.717, 1.165) is 5.56 Å². The Morgan fingerprint density at radius 1 is 1.19 bits per heavy atom. The van der Waals surface area contributed by atoms with Crippen LogP contribution in [0.25, 0.3) is 11.5 Å². The van der Waals surface area contributed by atoms with Gasteiger partial charge in [-0.25, -0.2) is 0 Å². The smallest absolute Gasteiger partial charge is 0.314 e. The summed E-state index contributed by atoms with van der Waals surface area (Å²) < 4.78 is 30.1. The topological polar surface area (TPSA) is 72.1 Å². The Morgan fingerprint density at radius 3 is 2.65 bits per heavy atom. The van der Waals surface area contributed by atoms with Crippen molar-refractivity contribution in [2.24, 2.45) is 0 Å². The van der Waals surface area contributed by atoms with E-state index in [1.165, 1.54) is 6.20 Å². The van der Waals surface area contributed by atoms with Crippen molar-refractivity contribution in [2.45, 2.75) is 25.9 Å². The predicted octanol–water partition coefficient (Wildman–Crippen LogP) is 3.79. The van der Waals surface area contributed by atoms with Gasteiger partial charge in [0.25, 0.3) is 11.8 Å². The van der Waals surface area contributed by atoms with E-state index in [9.17, 15) is 13.6 Å². The fourth-order valence-corrected chi connectivity index (χ4v) is 2.97. The number of hydrogen-bond acceptors (Lipinski definition) is 5. The molecule has 0 spiro atoms. The Balaban J connectivity index is 1.63. The minimum atomic E-state index is -2.84. The van der Waals surface area contributed by atoms with Gasteiger partial charge in [-0.1, -0.05) is 30.3 Å². The molecule has 26 heavy (non-hydrogen) atoms. The quantitative estimate of drug-likeness (QED) is 0.711. The van der Waals surface area contributed by atoms with Gasteiger partial charge in [0.2, 0.25) is 5.89 Å². The zero-order chi connectivity index (χ0) is 18.3. The monoisotopic (exact) mass is 356 g/mol. The fourth-order valence-electron chi connectivity index (χ4n) is 2.97. The van der Waals surface area contributed by atoms with Crippen LogP contribution in [0.5, 0.6) is 0 Å². The molecule has 0 saturated heterocycles. The summed E-state index contributed by atoms with van der Waals surface area (Å²) in [7, 11) is 0. The van der Waals surface area contributed by atoms with E-state index in [1.54, 1.807) is 11.0 Å². The Hall–Kier alpha value is -3.16. The summed E-state index contributed by atoms with van der Waals surface area (Å²) >= 11 is 0. The van der Waals surface area contributed by atoms with E-state index in [1.807, 2.05) is 37.3 Å². The molecule has 132 valence electrons. The number of amides is 1. The highest BCUT2D eigenvalue weighted by atomic mass is 19.3. The number of carbonyl (C=O) groups excluding carboxylic acids is 1. The molecule has 1 aliphatic heterocycles. The first kappa shape index (κ1) is 16.3. The number of alkyl halides is 2. The molecule has 0 saturated carbocycles. The average Bonchev–Trinajstić information content (AvgIpc) is 3.27. The molecule has 8 heteroatoms. The number of aromatic nitrogens is 3. The van der Waals surface area contributed by atoms with E-state index < -0.39 is 12.3 Å². The first-order chi connectivity index (χ1) is 12.5. The molecule has 1 aliphatic rings. The molecule has 0 radical (unpaired) electrons. The Morgan fingerprint density at radius 2 is 1.96 bits per heavy atom.